The molecule has 1 aliphatic heterocycles. The maximum atomic E-state index is 10.7. The molecule has 1 saturated heterocycles. The van der Waals surface area contributed by atoms with E-state index in [1.807, 2.05) is 0 Å². The van der Waals surface area contributed by atoms with E-state index >= 15 is 0 Å². The summed E-state index contributed by atoms with van der Waals surface area (Å²) in [5.41, 5.74) is 5.39. The van der Waals surface area contributed by atoms with Crippen molar-refractivity contribution in [1.29, 1.82) is 0 Å². The van der Waals surface area contributed by atoms with Crippen molar-refractivity contribution in [3.63, 3.8) is 0 Å². The molecule has 1 unspecified atom stereocenters. The van der Waals surface area contributed by atoms with Crippen LogP contribution in [0.2, 0.25) is 0 Å². The van der Waals surface area contributed by atoms with Gasteiger partial charge < -0.3 is 5.73 Å². The number of hydrogen-bond donors (Lipinski definition) is 1. The quantitative estimate of drug-likeness (QED) is 0.519. The summed E-state index contributed by atoms with van der Waals surface area (Å²) in [6, 6.07) is -0.185. The monoisotopic (exact) mass is 376 g/mol. The molecule has 0 saturated carbocycles. The fraction of sp³-hybridized carbons (Fsp3) is 1.00. The number of nitrogens with zero attached hydrogens (tertiary/aromatic N) is 1. The topological polar surface area (TPSA) is 72.6 Å². The van der Waals surface area contributed by atoms with Gasteiger partial charge in [0.15, 0.2) is 0 Å². The number of hydrogen-bond acceptors (Lipinski definition) is 4. The van der Waals surface area contributed by atoms with Crippen LogP contribution in [0, 0.1) is 0 Å². The van der Waals surface area contributed by atoms with Crippen LogP contribution in [-0.4, -0.2) is 65.6 Å². The Kier molecular flexibility index (Phi) is 4.40. The molecule has 1 rings (SSSR count). The summed E-state index contributed by atoms with van der Waals surface area (Å²) < 4.78 is 22.4. The first-order valence-electron chi connectivity index (χ1n) is 2.86. The molecule has 1 atom stereocenters. The van der Waals surface area contributed by atoms with Crippen LogP contribution in [0.1, 0.15) is 0 Å². The van der Waals surface area contributed by atoms with Crippen molar-refractivity contribution in [3.05, 3.63) is 0 Å². The van der Waals surface area contributed by atoms with E-state index in [-0.39, 0.29) is 46.5 Å². The van der Waals surface area contributed by atoms with E-state index < -0.39 is 10.0 Å². The Labute approximate surface area is 86.0 Å². The standard InChI is InChI=1S/C4H10N2O3S.Pb.2H/c1-10(7,8)6-2-4(5)3-9-6;;;/h4H,2-3,5H2,1H3;;;. The van der Waals surface area contributed by atoms with Gasteiger partial charge in [-0.05, 0) is 0 Å². The van der Waals surface area contributed by atoms with Crippen LogP contribution in [-0.2, 0) is 14.9 Å². The summed E-state index contributed by atoms with van der Waals surface area (Å²) >= 11 is 0. The van der Waals surface area contributed by atoms with Crippen molar-refractivity contribution in [2.45, 2.75) is 6.04 Å². The van der Waals surface area contributed by atoms with Gasteiger partial charge in [-0.2, -0.15) is 0 Å². The number of sulfonamides is 1. The minimum atomic E-state index is -3.20. The Hall–Kier alpha value is 0.752. The van der Waals surface area contributed by atoms with Gasteiger partial charge in [-0.1, -0.05) is 4.47 Å². The molecule has 0 spiro atoms. The molecule has 0 aromatic carbocycles. The summed E-state index contributed by atoms with van der Waals surface area (Å²) in [6.45, 7) is 0.548. The van der Waals surface area contributed by atoms with Crippen LogP contribution in [0.3, 0.4) is 0 Å². The Morgan fingerprint density at radius 3 is 2.36 bits per heavy atom. The zero-order chi connectivity index (χ0) is 7.78. The van der Waals surface area contributed by atoms with Crippen LogP contribution in [0.15, 0.2) is 0 Å². The average Bonchev–Trinajstić information content (AvgIpc) is 2.11. The van der Waals surface area contributed by atoms with Crippen molar-refractivity contribution in [3.8, 4) is 0 Å². The summed E-state index contributed by atoms with van der Waals surface area (Å²) in [4.78, 5) is 4.75. The van der Waals surface area contributed by atoms with E-state index in [9.17, 15) is 8.42 Å². The second-order valence-electron chi connectivity index (χ2n) is 2.30. The van der Waals surface area contributed by atoms with Crippen molar-refractivity contribution >= 4 is 37.3 Å². The van der Waals surface area contributed by atoms with Gasteiger partial charge in [0.05, 0.1) is 19.4 Å². The SMILES string of the molecule is CS(=O)(=O)N1CC(N)CO1.[PbH2]. The van der Waals surface area contributed by atoms with Crippen LogP contribution in [0.5, 0.6) is 0 Å². The molecular formula is C4H12N2O3PbS. The molecule has 2 N–H and O–H groups in total. The molecule has 66 valence electrons. The van der Waals surface area contributed by atoms with Crippen LogP contribution in [0.4, 0.5) is 0 Å². The minimum absolute atomic E-state index is 0. The Balaban J connectivity index is 0.000001000. The molecule has 11 heavy (non-hydrogen) atoms. The van der Waals surface area contributed by atoms with Crippen LogP contribution in [0.25, 0.3) is 0 Å². The van der Waals surface area contributed by atoms with E-state index in [1.54, 1.807) is 0 Å². The summed E-state index contributed by atoms with van der Waals surface area (Å²) in [5, 5.41) is 0. The third kappa shape index (κ3) is 3.32. The van der Waals surface area contributed by atoms with Gasteiger partial charge in [0.2, 0.25) is 10.0 Å². The van der Waals surface area contributed by atoms with E-state index in [2.05, 4.69) is 0 Å². The molecule has 0 aliphatic carbocycles. The number of hydroxylamine groups is 1. The predicted octanol–water partition coefficient (Wildman–Crippen LogP) is -2.40. The zero-order valence-corrected chi connectivity index (χ0v) is 12.7. The second-order valence-corrected chi connectivity index (χ2v) is 4.18. The summed E-state index contributed by atoms with van der Waals surface area (Å²) in [6.07, 6.45) is 1.09. The van der Waals surface area contributed by atoms with E-state index in [0.29, 0.717) is 0 Å². The van der Waals surface area contributed by atoms with Crippen LogP contribution < -0.4 is 5.73 Å². The summed E-state index contributed by atoms with van der Waals surface area (Å²) in [7, 11) is -3.20. The Bertz CT molecular complexity index is 217. The Morgan fingerprint density at radius 2 is 2.18 bits per heavy atom. The predicted molar refractivity (Wildman–Crippen MR) is 44.0 cm³/mol. The first-order valence-corrected chi connectivity index (χ1v) is 4.71. The van der Waals surface area contributed by atoms with Gasteiger partial charge in [-0.25, -0.2) is 8.42 Å². The first kappa shape index (κ1) is 11.8. The van der Waals surface area contributed by atoms with Gasteiger partial charge >= 0.3 is 27.3 Å². The fourth-order valence-corrected chi connectivity index (χ4v) is 1.42. The average molecular weight is 375 g/mol. The third-order valence-corrected chi connectivity index (χ3v) is 2.18. The first-order chi connectivity index (χ1) is 4.50. The van der Waals surface area contributed by atoms with Crippen molar-refractivity contribution < 1.29 is 13.3 Å². The summed E-state index contributed by atoms with van der Waals surface area (Å²) in [5.74, 6) is 0. The second kappa shape index (κ2) is 4.12. The number of nitrogens with two attached hydrogens (primary N) is 1. The molecule has 2 radical (unpaired) electrons. The van der Waals surface area contributed by atoms with Gasteiger partial charge in [0.1, 0.15) is 0 Å². The molecular weight excluding hydrogens is 363 g/mol. The van der Waals surface area contributed by atoms with Crippen molar-refractivity contribution in [2.24, 2.45) is 5.73 Å². The molecule has 1 fully saturated rings. The van der Waals surface area contributed by atoms with Crippen molar-refractivity contribution in [1.82, 2.24) is 4.47 Å². The molecule has 1 aliphatic rings. The molecule has 5 nitrogen and oxygen atoms in total. The van der Waals surface area contributed by atoms with Gasteiger partial charge in [-0.15, -0.1) is 0 Å². The molecule has 0 bridgehead atoms. The van der Waals surface area contributed by atoms with Crippen LogP contribution >= 0.6 is 0 Å². The Morgan fingerprint density at radius 1 is 1.64 bits per heavy atom. The fourth-order valence-electron chi connectivity index (χ4n) is 0.707. The van der Waals surface area contributed by atoms with Gasteiger partial charge in [0.25, 0.3) is 0 Å². The normalized spacial score (nSPS) is 26.5. The molecule has 1 heterocycles. The maximum absolute atomic E-state index is 10.7. The molecule has 7 heteroatoms. The zero-order valence-electron chi connectivity index (χ0n) is 6.36. The van der Waals surface area contributed by atoms with E-state index in [4.69, 9.17) is 10.6 Å². The van der Waals surface area contributed by atoms with E-state index in [1.165, 1.54) is 0 Å². The number of rotatable bonds is 1. The third-order valence-electron chi connectivity index (χ3n) is 1.19. The van der Waals surface area contributed by atoms with E-state index in [0.717, 1.165) is 10.7 Å². The molecule has 0 aromatic heterocycles. The molecule has 0 amide bonds. The van der Waals surface area contributed by atoms with Crippen molar-refractivity contribution in [2.75, 3.05) is 19.4 Å². The van der Waals surface area contributed by atoms with Gasteiger partial charge in [-0.3, -0.25) is 4.84 Å². The molecule has 0 aromatic rings. The van der Waals surface area contributed by atoms with Gasteiger partial charge in [0, 0.05) is 6.04 Å².